The summed E-state index contributed by atoms with van der Waals surface area (Å²) < 4.78 is 2.10. The maximum atomic E-state index is 6.29. The first kappa shape index (κ1) is 16.3. The van der Waals surface area contributed by atoms with Gasteiger partial charge in [0.2, 0.25) is 0 Å². The molecule has 0 N–H and O–H groups in total. The molecule has 2 heterocycles. The summed E-state index contributed by atoms with van der Waals surface area (Å²) in [6, 6.07) is 14.7. The Morgan fingerprint density at radius 2 is 1.68 bits per heavy atom. The average Bonchev–Trinajstić information content (AvgIpc) is 3.03. The van der Waals surface area contributed by atoms with Crippen LogP contribution in [0.15, 0.2) is 42.5 Å². The van der Waals surface area contributed by atoms with Crippen LogP contribution in [0.1, 0.15) is 12.5 Å². The summed E-state index contributed by atoms with van der Waals surface area (Å²) in [5.41, 5.74) is 3.63. The molecule has 0 aliphatic carbocycles. The van der Waals surface area contributed by atoms with E-state index in [1.54, 1.807) is 0 Å². The van der Waals surface area contributed by atoms with Crippen molar-refractivity contribution in [3.05, 3.63) is 53.1 Å². The van der Waals surface area contributed by atoms with Crippen LogP contribution in [0.3, 0.4) is 0 Å². The Morgan fingerprint density at radius 3 is 2.44 bits per heavy atom. The number of aryl methyl sites for hydroxylation is 1. The Balaban J connectivity index is 1.57. The molecule has 1 saturated heterocycles. The number of hydrogen-bond acceptors (Lipinski definition) is 3. The van der Waals surface area contributed by atoms with Gasteiger partial charge in [-0.1, -0.05) is 29.8 Å². The lowest BCUT2D eigenvalue weighted by Gasteiger charge is -2.37. The van der Waals surface area contributed by atoms with E-state index in [9.17, 15) is 0 Å². The highest BCUT2D eigenvalue weighted by atomic mass is 35.5. The third kappa shape index (κ3) is 2.85. The van der Waals surface area contributed by atoms with Gasteiger partial charge in [0.15, 0.2) is 5.82 Å². The van der Waals surface area contributed by atoms with E-state index in [0.717, 1.165) is 43.6 Å². The van der Waals surface area contributed by atoms with Crippen molar-refractivity contribution in [1.82, 2.24) is 9.78 Å². The SMILES string of the molecule is CCn1nc(N2CCN(c3cccc(Cl)c3C)CC2)c2ccccc21. The van der Waals surface area contributed by atoms with E-state index in [-0.39, 0.29) is 0 Å². The summed E-state index contributed by atoms with van der Waals surface area (Å²) in [6.45, 7) is 9.03. The van der Waals surface area contributed by atoms with Gasteiger partial charge in [-0.05, 0) is 43.7 Å². The Kier molecular flexibility index (Phi) is 4.30. The van der Waals surface area contributed by atoms with Crippen LogP contribution in [0, 0.1) is 6.92 Å². The second-order valence-corrected chi connectivity index (χ2v) is 6.92. The highest BCUT2D eigenvalue weighted by Crippen LogP contribution is 2.30. The van der Waals surface area contributed by atoms with E-state index in [0.29, 0.717) is 0 Å². The minimum absolute atomic E-state index is 0.840. The van der Waals surface area contributed by atoms with Crippen molar-refractivity contribution in [1.29, 1.82) is 0 Å². The topological polar surface area (TPSA) is 24.3 Å². The highest BCUT2D eigenvalue weighted by Gasteiger charge is 2.22. The fourth-order valence-corrected chi connectivity index (χ4v) is 3.85. The van der Waals surface area contributed by atoms with Crippen LogP contribution in [0.5, 0.6) is 0 Å². The minimum atomic E-state index is 0.840. The number of anilines is 2. The fourth-order valence-electron chi connectivity index (χ4n) is 3.68. The zero-order valence-corrected chi connectivity index (χ0v) is 15.5. The third-order valence-corrected chi connectivity index (χ3v) is 5.51. The van der Waals surface area contributed by atoms with Gasteiger partial charge < -0.3 is 9.80 Å². The van der Waals surface area contributed by atoms with Gasteiger partial charge in [-0.15, -0.1) is 0 Å². The molecule has 3 aromatic rings. The summed E-state index contributed by atoms with van der Waals surface area (Å²) in [5, 5.41) is 6.95. The van der Waals surface area contributed by atoms with Gasteiger partial charge in [0, 0.05) is 48.8 Å². The zero-order valence-electron chi connectivity index (χ0n) is 14.7. The standard InChI is InChI=1S/C20H23ClN4/c1-3-25-19-9-5-4-7-16(19)20(22-25)24-13-11-23(12-14-24)18-10-6-8-17(21)15(18)2/h4-10H,3,11-14H2,1-2H3. The maximum Gasteiger partial charge on any atom is 0.158 e. The number of halogens is 1. The predicted molar refractivity (Wildman–Crippen MR) is 106 cm³/mol. The molecule has 0 unspecified atom stereocenters. The monoisotopic (exact) mass is 354 g/mol. The molecular formula is C20H23ClN4. The number of rotatable bonds is 3. The minimum Gasteiger partial charge on any atom is -0.368 e. The van der Waals surface area contributed by atoms with Crippen molar-refractivity contribution < 1.29 is 0 Å². The van der Waals surface area contributed by atoms with Crippen LogP contribution < -0.4 is 9.80 Å². The van der Waals surface area contributed by atoms with Gasteiger partial charge in [0.25, 0.3) is 0 Å². The lowest BCUT2D eigenvalue weighted by Crippen LogP contribution is -2.47. The molecule has 1 aliphatic heterocycles. The summed E-state index contributed by atoms with van der Waals surface area (Å²) in [7, 11) is 0. The molecule has 2 aromatic carbocycles. The number of nitrogens with zero attached hydrogens (tertiary/aromatic N) is 4. The van der Waals surface area contributed by atoms with Crippen LogP contribution >= 0.6 is 11.6 Å². The molecule has 5 heteroatoms. The highest BCUT2D eigenvalue weighted by molar-refractivity contribution is 6.31. The normalized spacial score (nSPS) is 15.2. The van der Waals surface area contributed by atoms with Crippen LogP contribution in [-0.2, 0) is 6.54 Å². The number of piperazine rings is 1. The maximum absolute atomic E-state index is 6.29. The molecule has 4 rings (SSSR count). The Labute approximate surface area is 153 Å². The molecule has 0 saturated carbocycles. The van der Waals surface area contributed by atoms with E-state index < -0.39 is 0 Å². The Morgan fingerprint density at radius 1 is 0.960 bits per heavy atom. The van der Waals surface area contributed by atoms with Crippen molar-refractivity contribution in [3.63, 3.8) is 0 Å². The van der Waals surface area contributed by atoms with E-state index >= 15 is 0 Å². The van der Waals surface area contributed by atoms with Crippen LogP contribution in [-0.4, -0.2) is 36.0 Å². The molecule has 1 aromatic heterocycles. The quantitative estimate of drug-likeness (QED) is 0.699. The second kappa shape index (κ2) is 6.60. The predicted octanol–water partition coefficient (Wildman–Crippen LogP) is 4.34. The third-order valence-electron chi connectivity index (χ3n) is 5.10. The van der Waals surface area contributed by atoms with Crippen LogP contribution in [0.4, 0.5) is 11.5 Å². The van der Waals surface area contributed by atoms with Gasteiger partial charge in [-0.3, -0.25) is 4.68 Å². The smallest absolute Gasteiger partial charge is 0.158 e. The van der Waals surface area contributed by atoms with E-state index in [1.165, 1.54) is 22.2 Å². The van der Waals surface area contributed by atoms with E-state index in [4.69, 9.17) is 16.7 Å². The molecular weight excluding hydrogens is 332 g/mol. The van der Waals surface area contributed by atoms with Gasteiger partial charge in [0.1, 0.15) is 0 Å². The molecule has 0 amide bonds. The fraction of sp³-hybridized carbons (Fsp3) is 0.350. The molecule has 1 fully saturated rings. The molecule has 25 heavy (non-hydrogen) atoms. The first-order valence-electron chi connectivity index (χ1n) is 8.89. The summed E-state index contributed by atoms with van der Waals surface area (Å²) in [6.07, 6.45) is 0. The van der Waals surface area contributed by atoms with Gasteiger partial charge >= 0.3 is 0 Å². The molecule has 0 bridgehead atoms. The van der Waals surface area contributed by atoms with Crippen molar-refractivity contribution in [2.45, 2.75) is 20.4 Å². The second-order valence-electron chi connectivity index (χ2n) is 6.51. The molecule has 1 aliphatic rings. The summed E-state index contributed by atoms with van der Waals surface area (Å²) >= 11 is 6.29. The number of aromatic nitrogens is 2. The summed E-state index contributed by atoms with van der Waals surface area (Å²) in [5.74, 6) is 1.11. The van der Waals surface area contributed by atoms with E-state index in [1.807, 2.05) is 12.1 Å². The first-order chi connectivity index (χ1) is 12.2. The van der Waals surface area contributed by atoms with Gasteiger partial charge in [-0.25, -0.2) is 0 Å². The number of benzene rings is 2. The average molecular weight is 355 g/mol. The Hall–Kier alpha value is -2.20. The molecule has 130 valence electrons. The van der Waals surface area contributed by atoms with Crippen LogP contribution in [0.2, 0.25) is 5.02 Å². The van der Waals surface area contributed by atoms with Crippen molar-refractivity contribution >= 4 is 34.0 Å². The van der Waals surface area contributed by atoms with Gasteiger partial charge in [0.05, 0.1) is 5.52 Å². The van der Waals surface area contributed by atoms with Crippen molar-refractivity contribution in [2.24, 2.45) is 0 Å². The van der Waals surface area contributed by atoms with Crippen LogP contribution in [0.25, 0.3) is 10.9 Å². The van der Waals surface area contributed by atoms with Crippen molar-refractivity contribution in [2.75, 3.05) is 36.0 Å². The zero-order chi connectivity index (χ0) is 17.4. The molecule has 0 atom stereocenters. The number of fused-ring (bicyclic) bond motifs is 1. The largest absolute Gasteiger partial charge is 0.368 e. The first-order valence-corrected chi connectivity index (χ1v) is 9.27. The lowest BCUT2D eigenvalue weighted by atomic mass is 10.1. The van der Waals surface area contributed by atoms with Gasteiger partial charge in [-0.2, -0.15) is 5.10 Å². The molecule has 4 nitrogen and oxygen atoms in total. The van der Waals surface area contributed by atoms with Crippen molar-refractivity contribution in [3.8, 4) is 0 Å². The number of para-hydroxylation sites is 1. The van der Waals surface area contributed by atoms with E-state index in [2.05, 4.69) is 58.7 Å². The Bertz CT molecular complexity index is 894. The summed E-state index contributed by atoms with van der Waals surface area (Å²) in [4.78, 5) is 4.83. The molecule has 0 radical (unpaired) electrons. The molecule has 0 spiro atoms. The number of hydrogen-bond donors (Lipinski definition) is 0. The lowest BCUT2D eigenvalue weighted by molar-refractivity contribution is 0.627.